The van der Waals surface area contributed by atoms with Crippen LogP contribution in [0.4, 0.5) is 0 Å². The number of carboxylic acids is 1. The second kappa shape index (κ2) is 8.85. The van der Waals surface area contributed by atoms with E-state index in [1.807, 2.05) is 11.8 Å². The van der Waals surface area contributed by atoms with Crippen LogP contribution in [0.3, 0.4) is 0 Å². The first kappa shape index (κ1) is 16.8. The summed E-state index contributed by atoms with van der Waals surface area (Å²) in [6, 6.07) is 0. The minimum atomic E-state index is -0.588. The third-order valence-electron chi connectivity index (χ3n) is 4.43. The Morgan fingerprint density at radius 2 is 1.95 bits per heavy atom. The highest BCUT2D eigenvalue weighted by atomic mass is 32.2. The molecule has 4 heteroatoms. The molecule has 0 aromatic heterocycles. The normalized spacial score (nSPS) is 27.7. The highest BCUT2D eigenvalue weighted by Crippen LogP contribution is 2.38. The standard InChI is InChI=1S/C15H29NO2S/c1-4-12-7-8-13(15(17)18)14(11-12)19-10-9-16(5-2)6-3/h12-14H,4-11H2,1-3H3,(H,17,18). The molecule has 19 heavy (non-hydrogen) atoms. The number of hydrogen-bond donors (Lipinski definition) is 1. The Balaban J connectivity index is 2.43. The SMILES string of the molecule is CCC1CCC(C(=O)O)C(SCCN(CC)CC)C1. The molecule has 0 radical (unpaired) electrons. The van der Waals surface area contributed by atoms with Gasteiger partial charge in [0.05, 0.1) is 5.92 Å². The molecule has 0 amide bonds. The van der Waals surface area contributed by atoms with E-state index in [9.17, 15) is 9.90 Å². The number of hydrogen-bond acceptors (Lipinski definition) is 3. The van der Waals surface area contributed by atoms with Crippen molar-refractivity contribution in [3.8, 4) is 0 Å². The van der Waals surface area contributed by atoms with Crippen molar-refractivity contribution in [2.75, 3.05) is 25.4 Å². The van der Waals surface area contributed by atoms with Gasteiger partial charge >= 0.3 is 5.97 Å². The Labute approximate surface area is 122 Å². The van der Waals surface area contributed by atoms with Crippen molar-refractivity contribution >= 4 is 17.7 Å². The van der Waals surface area contributed by atoms with Gasteiger partial charge in [-0.1, -0.05) is 27.2 Å². The van der Waals surface area contributed by atoms with Gasteiger partial charge in [0.15, 0.2) is 0 Å². The Hall–Kier alpha value is -0.220. The summed E-state index contributed by atoms with van der Waals surface area (Å²) in [5.74, 6) is 1.09. The van der Waals surface area contributed by atoms with Crippen LogP contribution in [0.1, 0.15) is 46.5 Å². The zero-order chi connectivity index (χ0) is 14.3. The lowest BCUT2D eigenvalue weighted by molar-refractivity contribution is -0.142. The van der Waals surface area contributed by atoms with E-state index in [0.29, 0.717) is 5.25 Å². The Morgan fingerprint density at radius 1 is 1.26 bits per heavy atom. The van der Waals surface area contributed by atoms with Crippen LogP contribution in [0.2, 0.25) is 0 Å². The van der Waals surface area contributed by atoms with E-state index in [4.69, 9.17) is 0 Å². The van der Waals surface area contributed by atoms with E-state index >= 15 is 0 Å². The summed E-state index contributed by atoms with van der Waals surface area (Å²) in [5.41, 5.74) is 0. The molecule has 0 aliphatic heterocycles. The van der Waals surface area contributed by atoms with Gasteiger partial charge in [-0.3, -0.25) is 4.79 Å². The van der Waals surface area contributed by atoms with Crippen molar-refractivity contribution in [1.29, 1.82) is 0 Å². The molecule has 0 spiro atoms. The van der Waals surface area contributed by atoms with Crippen molar-refractivity contribution < 1.29 is 9.90 Å². The van der Waals surface area contributed by atoms with Crippen LogP contribution in [0.25, 0.3) is 0 Å². The first-order chi connectivity index (χ1) is 9.12. The van der Waals surface area contributed by atoms with Crippen molar-refractivity contribution in [1.82, 2.24) is 4.90 Å². The third kappa shape index (κ3) is 5.35. The van der Waals surface area contributed by atoms with Gasteiger partial charge in [0.1, 0.15) is 0 Å². The van der Waals surface area contributed by atoms with Crippen molar-refractivity contribution in [2.24, 2.45) is 11.8 Å². The number of carboxylic acid groups (broad SMARTS) is 1. The molecular weight excluding hydrogens is 258 g/mol. The molecule has 1 N–H and O–H groups in total. The first-order valence-electron chi connectivity index (χ1n) is 7.69. The van der Waals surface area contributed by atoms with E-state index in [2.05, 4.69) is 25.7 Å². The molecule has 1 saturated carbocycles. The fraction of sp³-hybridized carbons (Fsp3) is 0.933. The van der Waals surface area contributed by atoms with E-state index in [0.717, 1.165) is 50.6 Å². The van der Waals surface area contributed by atoms with Gasteiger partial charge in [-0.2, -0.15) is 11.8 Å². The predicted molar refractivity (Wildman–Crippen MR) is 82.8 cm³/mol. The Morgan fingerprint density at radius 3 is 2.47 bits per heavy atom. The maximum atomic E-state index is 11.3. The van der Waals surface area contributed by atoms with Gasteiger partial charge in [0, 0.05) is 17.5 Å². The molecule has 0 bridgehead atoms. The lowest BCUT2D eigenvalue weighted by Gasteiger charge is -2.33. The molecule has 3 unspecified atom stereocenters. The number of rotatable bonds is 8. The summed E-state index contributed by atoms with van der Waals surface area (Å²) in [4.78, 5) is 13.8. The van der Waals surface area contributed by atoms with Crippen molar-refractivity contribution in [3.63, 3.8) is 0 Å². The molecule has 1 rings (SSSR count). The van der Waals surface area contributed by atoms with E-state index in [1.165, 1.54) is 6.42 Å². The van der Waals surface area contributed by atoms with Crippen LogP contribution >= 0.6 is 11.8 Å². The molecule has 1 fully saturated rings. The molecule has 3 nitrogen and oxygen atoms in total. The van der Waals surface area contributed by atoms with Crippen LogP contribution in [0.15, 0.2) is 0 Å². The fourth-order valence-corrected chi connectivity index (χ4v) is 4.48. The highest BCUT2D eigenvalue weighted by molar-refractivity contribution is 7.99. The molecular formula is C15H29NO2S. The van der Waals surface area contributed by atoms with Crippen LogP contribution in [0, 0.1) is 11.8 Å². The number of nitrogens with zero attached hydrogens (tertiary/aromatic N) is 1. The van der Waals surface area contributed by atoms with Crippen LogP contribution < -0.4 is 0 Å². The monoisotopic (exact) mass is 287 g/mol. The number of aliphatic carboxylic acids is 1. The lowest BCUT2D eigenvalue weighted by atomic mass is 9.80. The Bertz CT molecular complexity index is 269. The molecule has 1 aliphatic carbocycles. The maximum absolute atomic E-state index is 11.3. The average Bonchev–Trinajstić information content (AvgIpc) is 2.43. The molecule has 0 aromatic rings. The summed E-state index contributed by atoms with van der Waals surface area (Å²) < 4.78 is 0. The van der Waals surface area contributed by atoms with Gasteiger partial charge in [-0.25, -0.2) is 0 Å². The summed E-state index contributed by atoms with van der Waals surface area (Å²) in [6.07, 6.45) is 4.26. The quantitative estimate of drug-likeness (QED) is 0.743. The third-order valence-corrected chi connectivity index (χ3v) is 5.80. The van der Waals surface area contributed by atoms with E-state index in [-0.39, 0.29) is 5.92 Å². The van der Waals surface area contributed by atoms with Gasteiger partial charge in [-0.15, -0.1) is 0 Å². The van der Waals surface area contributed by atoms with Crippen molar-refractivity contribution in [2.45, 2.75) is 51.7 Å². The van der Waals surface area contributed by atoms with Gasteiger partial charge in [0.25, 0.3) is 0 Å². The zero-order valence-corrected chi connectivity index (χ0v) is 13.4. The summed E-state index contributed by atoms with van der Waals surface area (Å²) in [5, 5.41) is 9.67. The Kier molecular flexibility index (Phi) is 7.84. The van der Waals surface area contributed by atoms with E-state index < -0.39 is 5.97 Å². The minimum Gasteiger partial charge on any atom is -0.481 e. The topological polar surface area (TPSA) is 40.5 Å². The summed E-state index contributed by atoms with van der Waals surface area (Å²) in [7, 11) is 0. The number of thioether (sulfide) groups is 1. The maximum Gasteiger partial charge on any atom is 0.307 e. The number of carbonyl (C=O) groups is 1. The fourth-order valence-electron chi connectivity index (χ4n) is 2.92. The summed E-state index contributed by atoms with van der Waals surface area (Å²) in [6.45, 7) is 9.84. The molecule has 0 aromatic carbocycles. The van der Waals surface area contributed by atoms with Crippen molar-refractivity contribution in [3.05, 3.63) is 0 Å². The van der Waals surface area contributed by atoms with Gasteiger partial charge in [-0.05, 0) is 38.3 Å². The minimum absolute atomic E-state index is 0.121. The smallest absolute Gasteiger partial charge is 0.307 e. The summed E-state index contributed by atoms with van der Waals surface area (Å²) >= 11 is 1.89. The molecule has 1 aliphatic rings. The zero-order valence-electron chi connectivity index (χ0n) is 12.6. The molecule has 3 atom stereocenters. The molecule has 0 saturated heterocycles. The lowest BCUT2D eigenvalue weighted by Crippen LogP contribution is -2.34. The van der Waals surface area contributed by atoms with Crippen LogP contribution in [-0.2, 0) is 4.79 Å². The second-order valence-corrected chi connectivity index (χ2v) is 6.82. The molecule has 112 valence electrons. The average molecular weight is 287 g/mol. The molecule has 0 heterocycles. The van der Waals surface area contributed by atoms with E-state index in [1.54, 1.807) is 0 Å². The van der Waals surface area contributed by atoms with Crippen LogP contribution in [0.5, 0.6) is 0 Å². The van der Waals surface area contributed by atoms with Gasteiger partial charge in [0.2, 0.25) is 0 Å². The highest BCUT2D eigenvalue weighted by Gasteiger charge is 2.34. The largest absolute Gasteiger partial charge is 0.481 e. The predicted octanol–water partition coefficient (Wildman–Crippen LogP) is 3.34. The van der Waals surface area contributed by atoms with Crippen LogP contribution in [-0.4, -0.2) is 46.6 Å². The second-order valence-electron chi connectivity index (χ2n) is 5.47. The first-order valence-corrected chi connectivity index (χ1v) is 8.73. The van der Waals surface area contributed by atoms with Gasteiger partial charge < -0.3 is 10.0 Å².